The summed E-state index contributed by atoms with van der Waals surface area (Å²) >= 11 is 0.349. The summed E-state index contributed by atoms with van der Waals surface area (Å²) in [6.07, 6.45) is 0. The lowest BCUT2D eigenvalue weighted by Crippen LogP contribution is -2.16. The Balaban J connectivity index is 1.83. The second-order valence-corrected chi connectivity index (χ2v) is 11.2. The molecule has 0 spiro atoms. The molecular formula is C21H20F2N2O5S3. The van der Waals surface area contributed by atoms with E-state index in [1.54, 1.807) is 6.92 Å². The van der Waals surface area contributed by atoms with Crippen LogP contribution in [0.25, 0.3) is 0 Å². The van der Waals surface area contributed by atoms with Crippen LogP contribution in [-0.4, -0.2) is 29.7 Å². The number of benzene rings is 3. The average Bonchev–Trinajstić information content (AvgIpc) is 2.75. The predicted octanol–water partition coefficient (Wildman–Crippen LogP) is 4.92. The third-order valence-corrected chi connectivity index (χ3v) is 8.07. The number of sulfonamides is 2. The molecule has 2 N–H and O–H groups in total. The highest BCUT2D eigenvalue weighted by Gasteiger charge is 2.20. The molecule has 0 aromatic heterocycles. The molecule has 0 unspecified atom stereocenters. The molecule has 0 saturated carbocycles. The van der Waals surface area contributed by atoms with E-state index in [2.05, 4.69) is 9.44 Å². The first-order chi connectivity index (χ1) is 15.5. The van der Waals surface area contributed by atoms with Crippen molar-refractivity contribution >= 4 is 43.2 Å². The van der Waals surface area contributed by atoms with Crippen LogP contribution in [0.5, 0.6) is 5.75 Å². The molecule has 0 bridgehead atoms. The lowest BCUT2D eigenvalue weighted by molar-refractivity contribution is 0.252. The Morgan fingerprint density at radius 2 is 1.39 bits per heavy atom. The number of methoxy groups -OCH3 is 1. The van der Waals surface area contributed by atoms with Gasteiger partial charge in [-0.05, 0) is 73.2 Å². The number of hydrogen-bond acceptors (Lipinski definition) is 6. The molecule has 176 valence electrons. The molecule has 3 rings (SSSR count). The molecule has 33 heavy (non-hydrogen) atoms. The largest absolute Gasteiger partial charge is 0.497 e. The monoisotopic (exact) mass is 514 g/mol. The highest BCUT2D eigenvalue weighted by atomic mass is 32.2. The molecule has 0 atom stereocenters. The van der Waals surface area contributed by atoms with E-state index in [0.29, 0.717) is 28.0 Å². The van der Waals surface area contributed by atoms with E-state index in [1.165, 1.54) is 73.8 Å². The second kappa shape index (κ2) is 9.98. The fraction of sp³-hybridized carbons (Fsp3) is 0.143. The zero-order chi connectivity index (χ0) is 24.2. The maximum absolute atomic E-state index is 12.9. The number of halogens is 2. The van der Waals surface area contributed by atoms with Crippen LogP contribution in [0.2, 0.25) is 0 Å². The van der Waals surface area contributed by atoms with Crippen molar-refractivity contribution < 1.29 is 30.4 Å². The van der Waals surface area contributed by atoms with Gasteiger partial charge in [0.1, 0.15) is 5.75 Å². The molecule has 0 aliphatic carbocycles. The highest BCUT2D eigenvalue weighted by Crippen LogP contribution is 2.28. The maximum Gasteiger partial charge on any atom is 0.288 e. The van der Waals surface area contributed by atoms with E-state index in [-0.39, 0.29) is 21.2 Å². The number of alkyl halides is 2. The summed E-state index contributed by atoms with van der Waals surface area (Å²) < 4.78 is 85.8. The van der Waals surface area contributed by atoms with Crippen molar-refractivity contribution in [1.29, 1.82) is 0 Å². The Morgan fingerprint density at radius 1 is 0.818 bits per heavy atom. The summed E-state index contributed by atoms with van der Waals surface area (Å²) in [5, 5.41) is 0. The molecule has 3 aromatic rings. The number of rotatable bonds is 9. The lowest BCUT2D eigenvalue weighted by Gasteiger charge is -2.14. The summed E-state index contributed by atoms with van der Waals surface area (Å²) in [6.45, 7) is 1.57. The van der Waals surface area contributed by atoms with E-state index in [4.69, 9.17) is 4.74 Å². The Morgan fingerprint density at radius 3 is 1.97 bits per heavy atom. The van der Waals surface area contributed by atoms with Crippen LogP contribution in [0.1, 0.15) is 5.56 Å². The maximum atomic E-state index is 12.9. The fourth-order valence-corrected chi connectivity index (χ4v) is 5.72. The minimum absolute atomic E-state index is 0.0202. The van der Waals surface area contributed by atoms with Crippen LogP contribution in [-0.2, 0) is 20.0 Å². The number of thioether (sulfide) groups is 1. The first kappa shape index (κ1) is 24.8. The van der Waals surface area contributed by atoms with Gasteiger partial charge < -0.3 is 4.74 Å². The van der Waals surface area contributed by atoms with Gasteiger partial charge in [0.05, 0.1) is 22.6 Å². The topological polar surface area (TPSA) is 102 Å². The summed E-state index contributed by atoms with van der Waals surface area (Å²) in [4.78, 5) is 0.135. The number of anilines is 2. The molecule has 0 saturated heterocycles. The first-order valence-corrected chi connectivity index (χ1v) is 13.2. The Hall–Kier alpha value is -2.83. The first-order valence-electron chi connectivity index (χ1n) is 9.35. The van der Waals surface area contributed by atoms with Crippen LogP contribution >= 0.6 is 11.8 Å². The quantitative estimate of drug-likeness (QED) is 0.393. The van der Waals surface area contributed by atoms with Crippen molar-refractivity contribution in [2.75, 3.05) is 16.6 Å². The van der Waals surface area contributed by atoms with Crippen molar-refractivity contribution in [3.05, 3.63) is 72.3 Å². The zero-order valence-corrected chi connectivity index (χ0v) is 19.9. The van der Waals surface area contributed by atoms with Gasteiger partial charge in [-0.25, -0.2) is 16.8 Å². The molecule has 0 amide bonds. The summed E-state index contributed by atoms with van der Waals surface area (Å²) in [7, 11) is -6.60. The van der Waals surface area contributed by atoms with Crippen molar-refractivity contribution in [1.82, 2.24) is 0 Å². The van der Waals surface area contributed by atoms with E-state index in [0.717, 1.165) is 0 Å². The third kappa shape index (κ3) is 6.36. The van der Waals surface area contributed by atoms with E-state index in [1.807, 2.05) is 0 Å². The Bertz CT molecular complexity index is 1330. The van der Waals surface area contributed by atoms with Crippen LogP contribution < -0.4 is 14.2 Å². The molecule has 3 aromatic carbocycles. The van der Waals surface area contributed by atoms with Crippen LogP contribution in [0.4, 0.5) is 20.2 Å². The van der Waals surface area contributed by atoms with Gasteiger partial charge in [0.15, 0.2) is 0 Å². The van der Waals surface area contributed by atoms with Gasteiger partial charge in [0.25, 0.3) is 25.8 Å². The molecule has 0 aliphatic rings. The molecular weight excluding hydrogens is 494 g/mol. The highest BCUT2D eigenvalue weighted by molar-refractivity contribution is 7.99. The minimum Gasteiger partial charge on any atom is -0.497 e. The second-order valence-electron chi connectivity index (χ2n) is 6.77. The Labute approximate surface area is 195 Å². The molecule has 0 heterocycles. The average molecular weight is 515 g/mol. The van der Waals surface area contributed by atoms with Crippen molar-refractivity contribution in [2.45, 2.75) is 27.4 Å². The zero-order valence-electron chi connectivity index (χ0n) is 17.5. The van der Waals surface area contributed by atoms with Crippen LogP contribution in [0, 0.1) is 6.92 Å². The van der Waals surface area contributed by atoms with Gasteiger partial charge in [0, 0.05) is 10.6 Å². The molecule has 0 radical (unpaired) electrons. The number of ether oxygens (including phenoxy) is 1. The van der Waals surface area contributed by atoms with Gasteiger partial charge in [-0.1, -0.05) is 17.8 Å². The summed E-state index contributed by atoms with van der Waals surface area (Å²) in [5.74, 6) is -2.09. The summed E-state index contributed by atoms with van der Waals surface area (Å²) in [5.41, 5.74) is 0.623. The summed E-state index contributed by atoms with van der Waals surface area (Å²) in [6, 6.07) is 15.3. The van der Waals surface area contributed by atoms with Gasteiger partial charge >= 0.3 is 0 Å². The molecule has 0 fully saturated rings. The van der Waals surface area contributed by atoms with Crippen molar-refractivity contribution in [3.8, 4) is 5.75 Å². The smallest absolute Gasteiger partial charge is 0.288 e. The number of aryl methyl sites for hydroxylation is 1. The van der Waals surface area contributed by atoms with Gasteiger partial charge in [0.2, 0.25) is 0 Å². The van der Waals surface area contributed by atoms with Gasteiger partial charge in [-0.15, -0.1) is 0 Å². The normalized spacial score (nSPS) is 11.9. The standard InChI is InChI=1S/C21H20F2N2O5S3/c1-14-3-4-16(25-32(26,27)19-11-7-17(30-2)8-12-19)13-20(14)33(28,29)24-15-5-9-18(10-6-15)31-21(22)23/h3-13,21,24-25H,1-2H3. The van der Waals surface area contributed by atoms with Crippen LogP contribution in [0.3, 0.4) is 0 Å². The van der Waals surface area contributed by atoms with Gasteiger partial charge in [-0.3, -0.25) is 9.44 Å². The van der Waals surface area contributed by atoms with E-state index in [9.17, 15) is 25.6 Å². The fourth-order valence-electron chi connectivity index (χ4n) is 2.84. The van der Waals surface area contributed by atoms with E-state index >= 15 is 0 Å². The lowest BCUT2D eigenvalue weighted by atomic mass is 10.2. The Kier molecular flexibility index (Phi) is 7.50. The van der Waals surface area contributed by atoms with Crippen LogP contribution in [0.15, 0.2) is 81.4 Å². The molecule has 0 aliphatic heterocycles. The number of nitrogens with one attached hydrogen (secondary N) is 2. The van der Waals surface area contributed by atoms with Gasteiger partial charge in [-0.2, -0.15) is 8.78 Å². The molecule has 12 heteroatoms. The SMILES string of the molecule is COc1ccc(S(=O)(=O)Nc2ccc(C)c(S(=O)(=O)Nc3ccc(SC(F)F)cc3)c2)cc1. The predicted molar refractivity (Wildman–Crippen MR) is 124 cm³/mol. The minimum atomic E-state index is -4.09. The number of hydrogen-bond donors (Lipinski definition) is 2. The van der Waals surface area contributed by atoms with E-state index < -0.39 is 25.8 Å². The van der Waals surface area contributed by atoms with Crippen molar-refractivity contribution in [3.63, 3.8) is 0 Å². The van der Waals surface area contributed by atoms with Crippen molar-refractivity contribution in [2.24, 2.45) is 0 Å². The molecule has 7 nitrogen and oxygen atoms in total. The third-order valence-electron chi connectivity index (χ3n) is 4.43.